The molecule has 0 N–H and O–H groups in total. The monoisotopic (exact) mass is 476 g/mol. The van der Waals surface area contributed by atoms with Crippen LogP contribution in [0.3, 0.4) is 0 Å². The molecule has 162 valence electrons. The molecule has 0 unspecified atom stereocenters. The Labute approximate surface area is 186 Å². The van der Waals surface area contributed by atoms with Gasteiger partial charge in [0, 0.05) is 30.7 Å². The Bertz CT molecular complexity index is 831. The number of hydrogen-bond acceptors (Lipinski definition) is 6. The number of rotatable bonds is 8. The Morgan fingerprint density at radius 3 is 2.37 bits per heavy atom. The molecular weight excluding hydrogens is 448 g/mol. The van der Waals surface area contributed by atoms with E-state index in [1.54, 1.807) is 14.2 Å². The van der Waals surface area contributed by atoms with Gasteiger partial charge in [-0.15, -0.1) is 0 Å². The van der Waals surface area contributed by atoms with Gasteiger partial charge < -0.3 is 14.2 Å². The van der Waals surface area contributed by atoms with Crippen LogP contribution in [0.25, 0.3) is 0 Å². The van der Waals surface area contributed by atoms with Crippen LogP contribution in [-0.2, 0) is 22.7 Å². The first kappa shape index (κ1) is 22.6. The van der Waals surface area contributed by atoms with Crippen LogP contribution in [0.4, 0.5) is 0 Å². The molecule has 0 aromatic heterocycles. The van der Waals surface area contributed by atoms with Crippen LogP contribution in [-0.4, -0.2) is 62.7 Å². The van der Waals surface area contributed by atoms with Gasteiger partial charge in [-0.3, -0.25) is 14.6 Å². The van der Waals surface area contributed by atoms with Crippen LogP contribution >= 0.6 is 15.9 Å². The summed E-state index contributed by atoms with van der Waals surface area (Å²) < 4.78 is 17.2. The number of methoxy groups -OCH3 is 2. The molecule has 1 heterocycles. The van der Waals surface area contributed by atoms with E-state index in [4.69, 9.17) is 14.2 Å². The van der Waals surface area contributed by atoms with Crippen molar-refractivity contribution in [2.75, 3.05) is 46.9 Å². The molecule has 0 amide bonds. The second-order valence-corrected chi connectivity index (χ2v) is 8.21. The third-order valence-corrected chi connectivity index (χ3v) is 5.96. The highest BCUT2D eigenvalue weighted by molar-refractivity contribution is 9.10. The molecule has 3 rings (SSSR count). The lowest BCUT2D eigenvalue weighted by molar-refractivity contribution is -0.146. The molecule has 2 aromatic rings. The molecule has 0 spiro atoms. The van der Waals surface area contributed by atoms with Gasteiger partial charge in [0.1, 0.15) is 6.61 Å². The van der Waals surface area contributed by atoms with E-state index >= 15 is 0 Å². The van der Waals surface area contributed by atoms with Crippen molar-refractivity contribution < 1.29 is 19.0 Å². The number of halogens is 1. The van der Waals surface area contributed by atoms with Crippen LogP contribution in [0.2, 0.25) is 0 Å². The number of esters is 1. The zero-order chi connectivity index (χ0) is 21.3. The zero-order valence-electron chi connectivity index (χ0n) is 17.6. The standard InChI is InChI=1S/C23H29BrN2O4/c1-28-21-13-19(20(24)14-22(21)29-2)15-25-9-6-10-26(12-11-25)16-23(27)30-17-18-7-4-3-5-8-18/h3-5,7-8,13-14H,6,9-12,15-17H2,1-2H3. The fourth-order valence-electron chi connectivity index (χ4n) is 3.57. The van der Waals surface area contributed by atoms with E-state index < -0.39 is 0 Å². The highest BCUT2D eigenvalue weighted by Gasteiger charge is 2.19. The van der Waals surface area contributed by atoms with Crippen LogP contribution in [0.5, 0.6) is 11.5 Å². The van der Waals surface area contributed by atoms with E-state index in [0.717, 1.165) is 60.5 Å². The maximum Gasteiger partial charge on any atom is 0.320 e. The minimum Gasteiger partial charge on any atom is -0.493 e. The van der Waals surface area contributed by atoms with Gasteiger partial charge in [-0.1, -0.05) is 46.3 Å². The molecule has 7 heteroatoms. The van der Waals surface area contributed by atoms with E-state index in [1.165, 1.54) is 0 Å². The molecule has 30 heavy (non-hydrogen) atoms. The van der Waals surface area contributed by atoms with Crippen LogP contribution < -0.4 is 9.47 Å². The summed E-state index contributed by atoms with van der Waals surface area (Å²) in [4.78, 5) is 16.8. The lowest BCUT2D eigenvalue weighted by Gasteiger charge is -2.22. The van der Waals surface area contributed by atoms with Crippen molar-refractivity contribution >= 4 is 21.9 Å². The third-order valence-electron chi connectivity index (χ3n) is 5.22. The molecule has 1 fully saturated rings. The maximum atomic E-state index is 12.2. The van der Waals surface area contributed by atoms with Gasteiger partial charge in [0.2, 0.25) is 0 Å². The van der Waals surface area contributed by atoms with Gasteiger partial charge >= 0.3 is 5.97 Å². The Kier molecular flexibility index (Phi) is 8.54. The number of ether oxygens (including phenoxy) is 3. The number of hydrogen-bond donors (Lipinski definition) is 0. The summed E-state index contributed by atoms with van der Waals surface area (Å²) in [5.41, 5.74) is 2.16. The Hall–Kier alpha value is -2.09. The lowest BCUT2D eigenvalue weighted by atomic mass is 10.2. The Morgan fingerprint density at radius 1 is 0.967 bits per heavy atom. The molecule has 0 atom stereocenters. The van der Waals surface area contributed by atoms with Gasteiger partial charge in [-0.05, 0) is 36.2 Å². The molecule has 1 aliphatic rings. The number of carbonyl (C=O) groups excluding carboxylic acids is 1. The molecule has 0 saturated carbocycles. The van der Waals surface area contributed by atoms with E-state index in [9.17, 15) is 4.79 Å². The molecule has 0 bridgehead atoms. The fraction of sp³-hybridized carbons (Fsp3) is 0.435. The molecule has 6 nitrogen and oxygen atoms in total. The van der Waals surface area contributed by atoms with Crippen molar-refractivity contribution in [2.24, 2.45) is 0 Å². The molecule has 0 radical (unpaired) electrons. The summed E-state index contributed by atoms with van der Waals surface area (Å²) in [7, 11) is 3.29. The van der Waals surface area contributed by atoms with Gasteiger partial charge in [0.15, 0.2) is 11.5 Å². The van der Waals surface area contributed by atoms with Gasteiger partial charge in [0.05, 0.1) is 20.8 Å². The van der Waals surface area contributed by atoms with Gasteiger partial charge in [0.25, 0.3) is 0 Å². The maximum absolute atomic E-state index is 12.2. The third kappa shape index (κ3) is 6.45. The van der Waals surface area contributed by atoms with Crippen molar-refractivity contribution in [2.45, 2.75) is 19.6 Å². The molecule has 1 aliphatic heterocycles. The molecular formula is C23H29BrN2O4. The van der Waals surface area contributed by atoms with E-state index in [0.29, 0.717) is 18.9 Å². The first-order chi connectivity index (χ1) is 14.6. The SMILES string of the molecule is COc1cc(Br)c(CN2CCCN(CC(=O)OCc3ccccc3)CC2)cc1OC. The van der Waals surface area contributed by atoms with Crippen molar-refractivity contribution in [3.63, 3.8) is 0 Å². The fourth-order valence-corrected chi connectivity index (χ4v) is 4.01. The van der Waals surface area contributed by atoms with Crippen molar-refractivity contribution in [3.8, 4) is 11.5 Å². The van der Waals surface area contributed by atoms with E-state index in [1.807, 2.05) is 42.5 Å². The summed E-state index contributed by atoms with van der Waals surface area (Å²) in [6, 6.07) is 13.7. The molecule has 1 saturated heterocycles. The predicted octanol–water partition coefficient (Wildman–Crippen LogP) is 3.72. The largest absolute Gasteiger partial charge is 0.493 e. The van der Waals surface area contributed by atoms with Gasteiger partial charge in [-0.2, -0.15) is 0 Å². The second kappa shape index (κ2) is 11.3. The quantitative estimate of drug-likeness (QED) is 0.541. The molecule has 0 aliphatic carbocycles. The number of carbonyl (C=O) groups is 1. The molecule has 2 aromatic carbocycles. The van der Waals surface area contributed by atoms with E-state index in [-0.39, 0.29) is 5.97 Å². The Morgan fingerprint density at radius 2 is 1.63 bits per heavy atom. The lowest BCUT2D eigenvalue weighted by Crippen LogP contribution is -2.34. The predicted molar refractivity (Wildman–Crippen MR) is 120 cm³/mol. The summed E-state index contributed by atoms with van der Waals surface area (Å²) >= 11 is 3.64. The summed E-state index contributed by atoms with van der Waals surface area (Å²) in [6.45, 7) is 5.08. The van der Waals surface area contributed by atoms with Crippen LogP contribution in [0.15, 0.2) is 46.9 Å². The summed E-state index contributed by atoms with van der Waals surface area (Å²) in [5.74, 6) is 1.27. The van der Waals surface area contributed by atoms with Crippen molar-refractivity contribution in [3.05, 3.63) is 58.1 Å². The van der Waals surface area contributed by atoms with E-state index in [2.05, 4.69) is 25.7 Å². The first-order valence-corrected chi connectivity index (χ1v) is 10.9. The number of nitrogens with zero attached hydrogens (tertiary/aromatic N) is 2. The second-order valence-electron chi connectivity index (χ2n) is 7.35. The van der Waals surface area contributed by atoms with Crippen LogP contribution in [0, 0.1) is 0 Å². The first-order valence-electron chi connectivity index (χ1n) is 10.1. The van der Waals surface area contributed by atoms with Crippen LogP contribution in [0.1, 0.15) is 17.5 Å². The average molecular weight is 477 g/mol. The average Bonchev–Trinajstić information content (AvgIpc) is 2.99. The smallest absolute Gasteiger partial charge is 0.320 e. The zero-order valence-corrected chi connectivity index (χ0v) is 19.2. The topological polar surface area (TPSA) is 51.2 Å². The summed E-state index contributed by atoms with van der Waals surface area (Å²) in [6.07, 6.45) is 1.01. The normalized spacial score (nSPS) is 15.4. The van der Waals surface area contributed by atoms with Crippen molar-refractivity contribution in [1.29, 1.82) is 0 Å². The van der Waals surface area contributed by atoms with Crippen molar-refractivity contribution in [1.82, 2.24) is 9.80 Å². The Balaban J connectivity index is 1.49. The highest BCUT2D eigenvalue weighted by Crippen LogP contribution is 2.34. The summed E-state index contributed by atoms with van der Waals surface area (Å²) in [5, 5.41) is 0. The highest BCUT2D eigenvalue weighted by atomic mass is 79.9. The van der Waals surface area contributed by atoms with Gasteiger partial charge in [-0.25, -0.2) is 0 Å². The number of benzene rings is 2. The minimum atomic E-state index is -0.171. The minimum absolute atomic E-state index is 0.171.